The molecule has 1 aliphatic heterocycles. The molecular weight excluding hydrogens is 388 g/mol. The van der Waals surface area contributed by atoms with Gasteiger partial charge >= 0.3 is 0 Å². The van der Waals surface area contributed by atoms with Gasteiger partial charge in [-0.15, -0.1) is 11.3 Å². The lowest BCUT2D eigenvalue weighted by atomic mass is 9.95. The Morgan fingerprint density at radius 3 is 2.72 bits per heavy atom. The van der Waals surface area contributed by atoms with E-state index in [9.17, 15) is 14.4 Å². The Morgan fingerprint density at radius 2 is 1.97 bits per heavy atom. The summed E-state index contributed by atoms with van der Waals surface area (Å²) in [6.07, 6.45) is 3.78. The highest BCUT2D eigenvalue weighted by atomic mass is 32.1. The van der Waals surface area contributed by atoms with Crippen LogP contribution in [0.5, 0.6) is 0 Å². The van der Waals surface area contributed by atoms with E-state index in [1.165, 1.54) is 16.2 Å². The molecule has 1 aromatic carbocycles. The van der Waals surface area contributed by atoms with Gasteiger partial charge in [0.25, 0.3) is 11.8 Å². The maximum Gasteiger partial charge on any atom is 0.252 e. The molecule has 4 N–H and O–H groups in total. The fraction of sp³-hybridized carbons (Fsp3) is 0.381. The zero-order valence-corrected chi connectivity index (χ0v) is 17.3. The van der Waals surface area contributed by atoms with Crippen LogP contribution in [0, 0.1) is 0 Å². The van der Waals surface area contributed by atoms with E-state index >= 15 is 0 Å². The zero-order valence-electron chi connectivity index (χ0n) is 16.5. The predicted molar refractivity (Wildman–Crippen MR) is 115 cm³/mol. The molecule has 0 atom stereocenters. The third-order valence-electron chi connectivity index (χ3n) is 5.39. The molecule has 29 heavy (non-hydrogen) atoms. The topological polar surface area (TPSA) is 105 Å². The van der Waals surface area contributed by atoms with E-state index in [0.717, 1.165) is 41.8 Å². The van der Waals surface area contributed by atoms with E-state index in [-0.39, 0.29) is 18.4 Å². The summed E-state index contributed by atoms with van der Waals surface area (Å²) in [5.74, 6) is -1.07. The molecule has 0 saturated carbocycles. The highest BCUT2D eigenvalue weighted by molar-refractivity contribution is 7.17. The van der Waals surface area contributed by atoms with Crippen molar-refractivity contribution < 1.29 is 14.4 Å². The normalized spacial score (nSPS) is 17.2. The molecule has 7 nitrogen and oxygen atoms in total. The van der Waals surface area contributed by atoms with Crippen molar-refractivity contribution in [1.29, 1.82) is 0 Å². The van der Waals surface area contributed by atoms with Crippen molar-refractivity contribution in [3.05, 3.63) is 40.3 Å². The number of primary amides is 1. The lowest BCUT2D eigenvalue weighted by molar-refractivity contribution is -0.124. The first-order chi connectivity index (χ1) is 13.8. The number of para-hydroxylation sites is 2. The maximum absolute atomic E-state index is 12.9. The van der Waals surface area contributed by atoms with Crippen LogP contribution in [0.4, 0.5) is 16.4 Å². The molecule has 3 amide bonds. The molecule has 1 aromatic heterocycles. The van der Waals surface area contributed by atoms with Crippen molar-refractivity contribution >= 4 is 45.4 Å². The third kappa shape index (κ3) is 3.48. The first kappa shape index (κ1) is 19.4. The zero-order chi connectivity index (χ0) is 20.8. The van der Waals surface area contributed by atoms with Crippen molar-refractivity contribution in [3.63, 3.8) is 0 Å². The van der Waals surface area contributed by atoms with Crippen LogP contribution in [0.15, 0.2) is 24.3 Å². The fourth-order valence-corrected chi connectivity index (χ4v) is 5.34. The van der Waals surface area contributed by atoms with Gasteiger partial charge in [-0.25, -0.2) is 0 Å². The second kappa shape index (κ2) is 7.18. The number of thiophene rings is 1. The van der Waals surface area contributed by atoms with Crippen LogP contribution in [-0.4, -0.2) is 29.8 Å². The number of carbonyl (C=O) groups is 3. The number of benzene rings is 1. The SMILES string of the molecule is CC1(C)Nc2ccccc2N(CC(=O)Nc2sc3c(c2C(N)=O)CCCC3)C1=O. The van der Waals surface area contributed by atoms with Crippen molar-refractivity contribution in [2.75, 3.05) is 22.1 Å². The van der Waals surface area contributed by atoms with Gasteiger partial charge in [-0.3, -0.25) is 19.3 Å². The van der Waals surface area contributed by atoms with Gasteiger partial charge in [0.15, 0.2) is 0 Å². The van der Waals surface area contributed by atoms with Crippen LogP contribution in [0.1, 0.15) is 47.5 Å². The monoisotopic (exact) mass is 412 g/mol. The number of nitrogens with one attached hydrogen (secondary N) is 2. The summed E-state index contributed by atoms with van der Waals surface area (Å²) in [5.41, 5.74) is 7.63. The third-order valence-corrected chi connectivity index (χ3v) is 6.60. The minimum absolute atomic E-state index is 0.137. The molecule has 0 radical (unpaired) electrons. The number of amides is 3. The molecule has 2 heterocycles. The number of nitrogens with zero attached hydrogens (tertiary/aromatic N) is 1. The summed E-state index contributed by atoms with van der Waals surface area (Å²) in [5, 5.41) is 6.54. The number of rotatable bonds is 4. The van der Waals surface area contributed by atoms with Gasteiger partial charge in [0.05, 0.1) is 16.9 Å². The van der Waals surface area contributed by atoms with Gasteiger partial charge in [-0.2, -0.15) is 0 Å². The molecule has 0 unspecified atom stereocenters. The number of nitrogens with two attached hydrogens (primary N) is 1. The van der Waals surface area contributed by atoms with Crippen LogP contribution in [0.25, 0.3) is 0 Å². The highest BCUT2D eigenvalue weighted by Gasteiger charge is 2.39. The molecule has 4 rings (SSSR count). The Labute approximate surface area is 173 Å². The molecule has 0 bridgehead atoms. The van der Waals surface area contributed by atoms with Gasteiger partial charge in [-0.05, 0) is 57.2 Å². The molecule has 0 spiro atoms. The van der Waals surface area contributed by atoms with E-state index in [0.29, 0.717) is 16.3 Å². The van der Waals surface area contributed by atoms with E-state index < -0.39 is 11.4 Å². The predicted octanol–water partition coefficient (Wildman–Crippen LogP) is 2.90. The van der Waals surface area contributed by atoms with Crippen LogP contribution in [0.3, 0.4) is 0 Å². The van der Waals surface area contributed by atoms with Crippen LogP contribution in [0.2, 0.25) is 0 Å². The van der Waals surface area contributed by atoms with Crippen molar-refractivity contribution in [2.45, 2.75) is 45.1 Å². The number of hydrogen-bond acceptors (Lipinski definition) is 5. The van der Waals surface area contributed by atoms with Gasteiger partial charge in [0, 0.05) is 4.88 Å². The average molecular weight is 413 g/mol. The first-order valence-electron chi connectivity index (χ1n) is 9.71. The van der Waals surface area contributed by atoms with Crippen LogP contribution >= 0.6 is 11.3 Å². The van der Waals surface area contributed by atoms with E-state index in [1.54, 1.807) is 19.9 Å². The lowest BCUT2D eigenvalue weighted by Crippen LogP contribution is -2.55. The Hall–Kier alpha value is -2.87. The molecule has 8 heteroatoms. The quantitative estimate of drug-likeness (QED) is 0.718. The second-order valence-corrected chi connectivity index (χ2v) is 9.09. The Kier molecular flexibility index (Phi) is 4.82. The molecule has 1 aliphatic carbocycles. The average Bonchev–Trinajstić information content (AvgIpc) is 3.03. The second-order valence-electron chi connectivity index (χ2n) is 7.99. The summed E-state index contributed by atoms with van der Waals surface area (Å²) >= 11 is 1.42. The molecule has 2 aliphatic rings. The standard InChI is InChI=1S/C21H24N4O3S/c1-21(2)20(28)25(14-9-5-4-8-13(14)24-21)11-16(26)23-19-17(18(22)27)12-7-3-6-10-15(12)29-19/h4-5,8-9,24H,3,6-7,10-11H2,1-2H3,(H2,22,27)(H,23,26). The number of aryl methyl sites for hydroxylation is 1. The van der Waals surface area contributed by atoms with Crippen molar-refractivity contribution in [3.8, 4) is 0 Å². The van der Waals surface area contributed by atoms with Gasteiger partial charge in [-0.1, -0.05) is 12.1 Å². The molecule has 152 valence electrons. The minimum atomic E-state index is -0.824. The molecular formula is C21H24N4O3S. The summed E-state index contributed by atoms with van der Waals surface area (Å²) in [4.78, 5) is 40.4. The van der Waals surface area contributed by atoms with Gasteiger partial charge < -0.3 is 16.4 Å². The molecule has 0 fully saturated rings. The summed E-state index contributed by atoms with van der Waals surface area (Å²) in [7, 11) is 0. The fourth-order valence-electron chi connectivity index (χ4n) is 4.03. The van der Waals surface area contributed by atoms with Crippen LogP contribution < -0.4 is 21.3 Å². The van der Waals surface area contributed by atoms with E-state index in [2.05, 4.69) is 10.6 Å². The number of carbonyl (C=O) groups excluding carboxylic acids is 3. The van der Waals surface area contributed by atoms with E-state index in [4.69, 9.17) is 5.73 Å². The van der Waals surface area contributed by atoms with Crippen LogP contribution in [-0.2, 0) is 22.4 Å². The summed E-state index contributed by atoms with van der Waals surface area (Å²) in [6, 6.07) is 7.40. The van der Waals surface area contributed by atoms with Crippen molar-refractivity contribution in [2.24, 2.45) is 5.73 Å². The van der Waals surface area contributed by atoms with E-state index in [1.807, 2.05) is 18.2 Å². The Morgan fingerprint density at radius 1 is 1.24 bits per heavy atom. The highest BCUT2D eigenvalue weighted by Crippen LogP contribution is 2.38. The first-order valence-corrected chi connectivity index (χ1v) is 10.5. The van der Waals surface area contributed by atoms with Crippen molar-refractivity contribution in [1.82, 2.24) is 0 Å². The maximum atomic E-state index is 12.9. The lowest BCUT2D eigenvalue weighted by Gasteiger charge is -2.39. The minimum Gasteiger partial charge on any atom is -0.370 e. The van der Waals surface area contributed by atoms with Gasteiger partial charge in [0.2, 0.25) is 5.91 Å². The Bertz CT molecular complexity index is 1010. The number of anilines is 3. The smallest absolute Gasteiger partial charge is 0.252 e. The molecule has 2 aromatic rings. The number of hydrogen-bond donors (Lipinski definition) is 3. The largest absolute Gasteiger partial charge is 0.370 e. The Balaban J connectivity index is 1.60. The summed E-state index contributed by atoms with van der Waals surface area (Å²) in [6.45, 7) is 3.44. The van der Waals surface area contributed by atoms with Gasteiger partial charge in [0.1, 0.15) is 17.1 Å². The summed E-state index contributed by atoms with van der Waals surface area (Å²) < 4.78 is 0. The molecule has 0 saturated heterocycles. The number of fused-ring (bicyclic) bond motifs is 2.